The maximum Gasteiger partial charge on any atom is 0.326 e. The van der Waals surface area contributed by atoms with Gasteiger partial charge in [0.15, 0.2) is 0 Å². The van der Waals surface area contributed by atoms with Gasteiger partial charge in [-0.05, 0) is 46.1 Å². The van der Waals surface area contributed by atoms with Crippen LogP contribution in [-0.2, 0) is 19.2 Å². The van der Waals surface area contributed by atoms with E-state index in [1.807, 2.05) is 13.8 Å². The molecule has 1 fully saturated rings. The average Bonchev–Trinajstić information content (AvgIpc) is 3.08. The van der Waals surface area contributed by atoms with E-state index in [2.05, 4.69) is 16.0 Å². The molecule has 0 radical (unpaired) electrons. The van der Waals surface area contributed by atoms with Gasteiger partial charge in [0, 0.05) is 6.54 Å². The molecule has 9 heteroatoms. The molecule has 0 unspecified atom stereocenters. The molecule has 154 valence electrons. The summed E-state index contributed by atoms with van der Waals surface area (Å²) in [6.07, 6.45) is 1.67. The average molecular weight is 384 g/mol. The van der Waals surface area contributed by atoms with E-state index in [4.69, 9.17) is 0 Å². The summed E-state index contributed by atoms with van der Waals surface area (Å²) in [5.41, 5.74) is 0. The van der Waals surface area contributed by atoms with Crippen LogP contribution < -0.4 is 16.0 Å². The number of rotatable bonds is 9. The summed E-state index contributed by atoms with van der Waals surface area (Å²) >= 11 is 0. The Morgan fingerprint density at radius 2 is 1.63 bits per heavy atom. The fourth-order valence-electron chi connectivity index (χ4n) is 3.14. The Kier molecular flexibility index (Phi) is 8.68. The first-order valence-electron chi connectivity index (χ1n) is 9.39. The van der Waals surface area contributed by atoms with E-state index in [-0.39, 0.29) is 5.91 Å². The number of nitrogens with zero attached hydrogens (tertiary/aromatic N) is 1. The second-order valence-corrected chi connectivity index (χ2v) is 7.46. The Balaban J connectivity index is 2.59. The fraction of sp³-hybridized carbons (Fsp3) is 0.778. The molecule has 0 aromatic heterocycles. The Hall–Kier alpha value is -2.16. The zero-order valence-corrected chi connectivity index (χ0v) is 16.7. The number of carboxylic acids is 1. The number of amides is 3. The maximum absolute atomic E-state index is 12.5. The molecule has 1 heterocycles. The summed E-state index contributed by atoms with van der Waals surface area (Å²) < 4.78 is 0. The third-order valence-corrected chi connectivity index (χ3v) is 4.67. The Morgan fingerprint density at radius 3 is 2.15 bits per heavy atom. The molecular weight excluding hydrogens is 352 g/mol. The van der Waals surface area contributed by atoms with Crippen molar-refractivity contribution in [3.05, 3.63) is 0 Å². The number of hydrogen-bond acceptors (Lipinski definition) is 5. The van der Waals surface area contributed by atoms with Gasteiger partial charge in [0.05, 0.1) is 6.04 Å². The number of likely N-dealkylation sites (N-methyl/N-ethyl adjacent to an activating group) is 1. The van der Waals surface area contributed by atoms with Crippen LogP contribution in [0.2, 0.25) is 0 Å². The molecule has 3 amide bonds. The normalized spacial score (nSPS) is 20.1. The lowest BCUT2D eigenvalue weighted by molar-refractivity contribution is -0.149. The van der Waals surface area contributed by atoms with Gasteiger partial charge in [0.1, 0.15) is 18.1 Å². The second-order valence-electron chi connectivity index (χ2n) is 7.46. The number of carbonyl (C=O) groups is 4. The molecule has 1 aliphatic heterocycles. The van der Waals surface area contributed by atoms with E-state index in [1.54, 1.807) is 14.0 Å². The van der Waals surface area contributed by atoms with Crippen molar-refractivity contribution < 1.29 is 24.3 Å². The van der Waals surface area contributed by atoms with Gasteiger partial charge >= 0.3 is 5.97 Å². The highest BCUT2D eigenvalue weighted by Crippen LogP contribution is 2.18. The molecule has 1 saturated heterocycles. The third kappa shape index (κ3) is 6.50. The van der Waals surface area contributed by atoms with Crippen molar-refractivity contribution >= 4 is 23.7 Å². The topological polar surface area (TPSA) is 128 Å². The molecule has 0 aromatic rings. The number of likely N-dealkylation sites (tertiary alicyclic amines) is 1. The van der Waals surface area contributed by atoms with Crippen molar-refractivity contribution in [1.29, 1.82) is 0 Å². The summed E-state index contributed by atoms with van der Waals surface area (Å²) in [7, 11) is 1.69. The molecule has 0 saturated carbocycles. The predicted molar refractivity (Wildman–Crippen MR) is 99.9 cm³/mol. The van der Waals surface area contributed by atoms with E-state index in [0.717, 1.165) is 0 Å². The van der Waals surface area contributed by atoms with Crippen LogP contribution in [0.5, 0.6) is 0 Å². The predicted octanol–water partition coefficient (Wildman–Crippen LogP) is -0.294. The zero-order chi connectivity index (χ0) is 20.7. The molecular formula is C18H32N4O5. The van der Waals surface area contributed by atoms with Crippen LogP contribution in [0.15, 0.2) is 0 Å². The molecule has 0 bridgehead atoms. The number of hydrogen-bond donors (Lipinski definition) is 4. The lowest BCUT2D eigenvalue weighted by Gasteiger charge is -2.26. The standard InChI is InChI=1S/C18H32N4O5/c1-10(2)9-13(19-5)16(24)20-11(3)15(23)21-12(4)17(25)22-8-6-7-14(22)18(26)27/h10-14,19H,6-9H2,1-5H3,(H,20,24)(H,21,23)(H,26,27)/t11-,12-,13-,14-/m0/s1. The third-order valence-electron chi connectivity index (χ3n) is 4.67. The molecule has 0 aromatic carbocycles. The summed E-state index contributed by atoms with van der Waals surface area (Å²) in [5, 5.41) is 17.3. The van der Waals surface area contributed by atoms with E-state index < -0.39 is 42.0 Å². The summed E-state index contributed by atoms with van der Waals surface area (Å²) in [6.45, 7) is 7.43. The zero-order valence-electron chi connectivity index (χ0n) is 16.7. The smallest absolute Gasteiger partial charge is 0.326 e. The molecule has 27 heavy (non-hydrogen) atoms. The highest BCUT2D eigenvalue weighted by molar-refractivity contribution is 5.93. The molecule has 0 aliphatic carbocycles. The van der Waals surface area contributed by atoms with Crippen LogP contribution in [0.3, 0.4) is 0 Å². The molecule has 1 aliphatic rings. The van der Waals surface area contributed by atoms with Crippen molar-refractivity contribution in [2.24, 2.45) is 5.92 Å². The minimum atomic E-state index is -1.04. The lowest BCUT2D eigenvalue weighted by Crippen LogP contribution is -2.55. The number of carbonyl (C=O) groups excluding carboxylic acids is 3. The van der Waals surface area contributed by atoms with E-state index in [0.29, 0.717) is 31.7 Å². The van der Waals surface area contributed by atoms with Gasteiger partial charge < -0.3 is 26.0 Å². The van der Waals surface area contributed by atoms with Crippen LogP contribution in [-0.4, -0.2) is 71.5 Å². The van der Waals surface area contributed by atoms with Gasteiger partial charge in [-0.15, -0.1) is 0 Å². The summed E-state index contributed by atoms with van der Waals surface area (Å²) in [4.78, 5) is 49.6. The lowest BCUT2D eigenvalue weighted by atomic mass is 10.0. The van der Waals surface area contributed by atoms with Gasteiger partial charge in [-0.3, -0.25) is 14.4 Å². The van der Waals surface area contributed by atoms with Gasteiger partial charge in [0.2, 0.25) is 17.7 Å². The number of aliphatic carboxylic acids is 1. The van der Waals surface area contributed by atoms with E-state index in [1.165, 1.54) is 11.8 Å². The molecule has 0 spiro atoms. The first-order chi connectivity index (χ1) is 12.6. The minimum Gasteiger partial charge on any atom is -0.480 e. The van der Waals surface area contributed by atoms with Crippen molar-refractivity contribution in [1.82, 2.24) is 20.9 Å². The fourth-order valence-corrected chi connectivity index (χ4v) is 3.14. The van der Waals surface area contributed by atoms with Gasteiger partial charge in [-0.2, -0.15) is 0 Å². The summed E-state index contributed by atoms with van der Waals surface area (Å²) in [6, 6.07) is -2.93. The van der Waals surface area contributed by atoms with Gasteiger partial charge in [0.25, 0.3) is 0 Å². The van der Waals surface area contributed by atoms with Gasteiger partial charge in [-0.1, -0.05) is 13.8 Å². The number of nitrogens with one attached hydrogen (secondary N) is 3. The Labute approximate surface area is 160 Å². The minimum absolute atomic E-state index is 0.279. The largest absolute Gasteiger partial charge is 0.480 e. The molecule has 9 nitrogen and oxygen atoms in total. The van der Waals surface area contributed by atoms with Gasteiger partial charge in [-0.25, -0.2) is 4.79 Å². The van der Waals surface area contributed by atoms with Crippen LogP contribution in [0.1, 0.15) is 47.0 Å². The van der Waals surface area contributed by atoms with Crippen molar-refractivity contribution in [3.8, 4) is 0 Å². The second kappa shape index (κ2) is 10.2. The van der Waals surface area contributed by atoms with Crippen molar-refractivity contribution in [2.45, 2.75) is 71.1 Å². The Bertz CT molecular complexity index is 566. The highest BCUT2D eigenvalue weighted by Gasteiger charge is 2.36. The van der Waals surface area contributed by atoms with E-state index >= 15 is 0 Å². The van der Waals surface area contributed by atoms with Crippen LogP contribution in [0.25, 0.3) is 0 Å². The highest BCUT2D eigenvalue weighted by atomic mass is 16.4. The maximum atomic E-state index is 12.5. The first kappa shape index (κ1) is 22.9. The van der Waals surface area contributed by atoms with E-state index in [9.17, 15) is 24.3 Å². The van der Waals surface area contributed by atoms with Crippen LogP contribution in [0.4, 0.5) is 0 Å². The van der Waals surface area contributed by atoms with Crippen molar-refractivity contribution in [3.63, 3.8) is 0 Å². The SMILES string of the molecule is CN[C@@H](CC(C)C)C(=O)N[C@@H](C)C(=O)N[C@@H](C)C(=O)N1CCC[C@H]1C(=O)O. The Morgan fingerprint density at radius 1 is 1.04 bits per heavy atom. The molecule has 1 rings (SSSR count). The quantitative estimate of drug-likeness (QED) is 0.432. The first-order valence-corrected chi connectivity index (χ1v) is 9.39. The summed E-state index contributed by atoms with van der Waals surface area (Å²) in [5.74, 6) is -1.92. The number of carboxylic acid groups (broad SMARTS) is 1. The van der Waals surface area contributed by atoms with Crippen LogP contribution >= 0.6 is 0 Å². The van der Waals surface area contributed by atoms with Crippen LogP contribution in [0, 0.1) is 5.92 Å². The van der Waals surface area contributed by atoms with Crippen molar-refractivity contribution in [2.75, 3.05) is 13.6 Å². The molecule has 4 N–H and O–H groups in total. The monoisotopic (exact) mass is 384 g/mol. The molecule has 4 atom stereocenters.